The van der Waals surface area contributed by atoms with Crippen molar-refractivity contribution in [2.45, 2.75) is 6.92 Å². The number of H-pyrrole nitrogens is 1. The SMILES string of the molecule is Cc1cc(-c2ccccc2Nc2nc[nH]n2)cc(N2CC3(COC3)C2)c1. The molecule has 2 aliphatic heterocycles. The molecule has 2 N–H and O–H groups in total. The summed E-state index contributed by atoms with van der Waals surface area (Å²) in [7, 11) is 0. The Morgan fingerprint density at radius 1 is 1.15 bits per heavy atom. The molecule has 0 aliphatic carbocycles. The Labute approximate surface area is 152 Å². The molecule has 2 aliphatic rings. The van der Waals surface area contributed by atoms with Crippen LogP contribution in [0.3, 0.4) is 0 Å². The van der Waals surface area contributed by atoms with Gasteiger partial charge in [-0.3, -0.25) is 5.10 Å². The summed E-state index contributed by atoms with van der Waals surface area (Å²) in [5.41, 5.74) is 6.29. The van der Waals surface area contributed by atoms with E-state index >= 15 is 0 Å². The first-order valence-electron chi connectivity index (χ1n) is 8.87. The van der Waals surface area contributed by atoms with E-state index in [9.17, 15) is 0 Å². The minimum absolute atomic E-state index is 0.412. The van der Waals surface area contributed by atoms with Crippen LogP contribution in [0.15, 0.2) is 48.8 Å². The number of nitrogens with zero attached hydrogens (tertiary/aromatic N) is 3. The molecule has 5 rings (SSSR count). The average molecular weight is 347 g/mol. The second-order valence-electron chi connectivity index (χ2n) is 7.40. The predicted octanol–water partition coefficient (Wildman–Crippen LogP) is 3.36. The Morgan fingerprint density at radius 3 is 2.73 bits per heavy atom. The smallest absolute Gasteiger partial charge is 0.246 e. The highest BCUT2D eigenvalue weighted by molar-refractivity contribution is 5.82. The molecule has 3 heterocycles. The molecular formula is C20H21N5O. The van der Waals surface area contributed by atoms with Crippen molar-refractivity contribution >= 4 is 17.3 Å². The molecule has 1 spiro atoms. The lowest BCUT2D eigenvalue weighted by atomic mass is 9.77. The highest BCUT2D eigenvalue weighted by atomic mass is 16.5. The molecule has 2 saturated heterocycles. The van der Waals surface area contributed by atoms with E-state index in [1.165, 1.54) is 16.8 Å². The summed E-state index contributed by atoms with van der Waals surface area (Å²) in [4.78, 5) is 6.61. The molecule has 0 amide bonds. The quantitative estimate of drug-likeness (QED) is 0.757. The zero-order chi connectivity index (χ0) is 17.6. The van der Waals surface area contributed by atoms with Crippen LogP contribution in [-0.2, 0) is 4.74 Å². The maximum absolute atomic E-state index is 5.40. The van der Waals surface area contributed by atoms with E-state index in [-0.39, 0.29) is 0 Å². The zero-order valence-corrected chi connectivity index (χ0v) is 14.7. The molecule has 2 aromatic carbocycles. The van der Waals surface area contributed by atoms with E-state index in [0.717, 1.165) is 37.6 Å². The molecule has 132 valence electrons. The van der Waals surface area contributed by atoms with Gasteiger partial charge in [-0.1, -0.05) is 24.3 Å². The van der Waals surface area contributed by atoms with Crippen LogP contribution < -0.4 is 10.2 Å². The summed E-state index contributed by atoms with van der Waals surface area (Å²) in [5.74, 6) is 0.569. The largest absolute Gasteiger partial charge is 0.380 e. The molecule has 6 heteroatoms. The highest BCUT2D eigenvalue weighted by Gasteiger charge is 2.49. The van der Waals surface area contributed by atoms with Gasteiger partial charge in [0.25, 0.3) is 0 Å². The van der Waals surface area contributed by atoms with Gasteiger partial charge in [-0.15, -0.1) is 5.10 Å². The molecule has 6 nitrogen and oxygen atoms in total. The Bertz CT molecular complexity index is 925. The van der Waals surface area contributed by atoms with Crippen molar-refractivity contribution in [1.29, 1.82) is 0 Å². The van der Waals surface area contributed by atoms with Crippen molar-refractivity contribution in [2.75, 3.05) is 36.5 Å². The molecule has 0 bridgehead atoms. The third kappa shape index (κ3) is 2.63. The Morgan fingerprint density at radius 2 is 2.00 bits per heavy atom. The number of hydrogen-bond acceptors (Lipinski definition) is 5. The van der Waals surface area contributed by atoms with Crippen molar-refractivity contribution < 1.29 is 4.74 Å². The van der Waals surface area contributed by atoms with Gasteiger partial charge in [-0.05, 0) is 36.2 Å². The third-order valence-electron chi connectivity index (χ3n) is 5.20. The van der Waals surface area contributed by atoms with Crippen LogP contribution in [0.1, 0.15) is 5.56 Å². The van der Waals surface area contributed by atoms with Gasteiger partial charge in [0.05, 0.1) is 18.6 Å². The van der Waals surface area contributed by atoms with E-state index in [4.69, 9.17) is 4.74 Å². The van der Waals surface area contributed by atoms with Crippen molar-refractivity contribution in [3.05, 3.63) is 54.4 Å². The fourth-order valence-corrected chi connectivity index (χ4v) is 3.85. The van der Waals surface area contributed by atoms with Gasteiger partial charge in [0, 0.05) is 30.0 Å². The maximum Gasteiger partial charge on any atom is 0.246 e. The highest BCUT2D eigenvalue weighted by Crippen LogP contribution is 2.42. The van der Waals surface area contributed by atoms with E-state index in [0.29, 0.717) is 11.4 Å². The first-order chi connectivity index (χ1) is 12.7. The monoisotopic (exact) mass is 347 g/mol. The standard InChI is InChI=1S/C20H21N5O/c1-14-6-15(8-16(7-14)25-9-20(10-25)11-26-12-20)17-4-2-3-5-18(17)23-19-21-13-22-24-19/h2-8,13H,9-12H2,1H3,(H2,21,22,23,24). The lowest BCUT2D eigenvalue weighted by molar-refractivity contribution is -0.127. The Kier molecular flexibility index (Phi) is 3.46. The van der Waals surface area contributed by atoms with Gasteiger partial charge in [0.15, 0.2) is 0 Å². The molecule has 3 aromatic rings. The van der Waals surface area contributed by atoms with Crippen LogP contribution in [0.4, 0.5) is 17.3 Å². The van der Waals surface area contributed by atoms with Gasteiger partial charge >= 0.3 is 0 Å². The fourth-order valence-electron chi connectivity index (χ4n) is 3.85. The number of rotatable bonds is 4. The van der Waals surface area contributed by atoms with Gasteiger partial charge in [-0.25, -0.2) is 4.98 Å². The normalized spacial score (nSPS) is 17.7. The Hall–Kier alpha value is -2.86. The molecule has 0 atom stereocenters. The van der Waals surface area contributed by atoms with Crippen LogP contribution in [0.2, 0.25) is 0 Å². The summed E-state index contributed by atoms with van der Waals surface area (Å²) in [6.07, 6.45) is 1.57. The summed E-state index contributed by atoms with van der Waals surface area (Å²) in [5, 5.41) is 10.1. The van der Waals surface area contributed by atoms with Gasteiger partial charge in [0.2, 0.25) is 5.95 Å². The topological polar surface area (TPSA) is 66.1 Å². The molecule has 1 aromatic heterocycles. The molecule has 26 heavy (non-hydrogen) atoms. The van der Waals surface area contributed by atoms with Crippen LogP contribution in [0.25, 0.3) is 11.1 Å². The number of anilines is 3. The van der Waals surface area contributed by atoms with E-state index in [1.807, 2.05) is 6.07 Å². The molecule has 2 fully saturated rings. The first kappa shape index (κ1) is 15.4. The molecule has 0 radical (unpaired) electrons. The van der Waals surface area contributed by atoms with Gasteiger partial charge < -0.3 is 15.0 Å². The minimum atomic E-state index is 0.412. The molecule has 0 saturated carbocycles. The number of aromatic nitrogens is 3. The van der Waals surface area contributed by atoms with Crippen LogP contribution in [0, 0.1) is 12.3 Å². The third-order valence-corrected chi connectivity index (χ3v) is 5.20. The van der Waals surface area contributed by atoms with Gasteiger partial charge in [-0.2, -0.15) is 0 Å². The summed E-state index contributed by atoms with van der Waals surface area (Å²) in [6, 6.07) is 15.0. The van der Waals surface area contributed by atoms with E-state index < -0.39 is 0 Å². The molecule has 0 unspecified atom stereocenters. The van der Waals surface area contributed by atoms with Crippen molar-refractivity contribution in [3.8, 4) is 11.1 Å². The second-order valence-corrected chi connectivity index (χ2v) is 7.40. The second kappa shape index (κ2) is 5.85. The fraction of sp³-hybridized carbons (Fsp3) is 0.300. The number of aromatic amines is 1. The maximum atomic E-state index is 5.40. The Balaban J connectivity index is 1.47. The average Bonchev–Trinajstić information content (AvgIpc) is 3.05. The number of para-hydroxylation sites is 1. The molecular weight excluding hydrogens is 326 g/mol. The summed E-state index contributed by atoms with van der Waals surface area (Å²) >= 11 is 0. The predicted molar refractivity (Wildman–Crippen MR) is 102 cm³/mol. The van der Waals surface area contributed by atoms with Crippen LogP contribution in [-0.4, -0.2) is 41.5 Å². The van der Waals surface area contributed by atoms with E-state index in [2.05, 4.69) is 68.7 Å². The van der Waals surface area contributed by atoms with Crippen LogP contribution in [0.5, 0.6) is 0 Å². The number of ether oxygens (including phenoxy) is 1. The minimum Gasteiger partial charge on any atom is -0.380 e. The zero-order valence-electron chi connectivity index (χ0n) is 14.7. The summed E-state index contributed by atoms with van der Waals surface area (Å²) in [6.45, 7) is 6.15. The number of aryl methyl sites for hydroxylation is 1. The lowest BCUT2D eigenvalue weighted by Crippen LogP contribution is -2.66. The van der Waals surface area contributed by atoms with Crippen LogP contribution >= 0.6 is 0 Å². The number of nitrogens with one attached hydrogen (secondary N) is 2. The number of benzene rings is 2. The lowest BCUT2D eigenvalue weighted by Gasteiger charge is -2.56. The van der Waals surface area contributed by atoms with Crippen molar-refractivity contribution in [1.82, 2.24) is 15.2 Å². The van der Waals surface area contributed by atoms with Gasteiger partial charge in [0.1, 0.15) is 6.33 Å². The number of hydrogen-bond donors (Lipinski definition) is 2. The van der Waals surface area contributed by atoms with Crippen molar-refractivity contribution in [2.24, 2.45) is 5.41 Å². The summed E-state index contributed by atoms with van der Waals surface area (Å²) < 4.78 is 5.40. The van der Waals surface area contributed by atoms with E-state index in [1.54, 1.807) is 6.33 Å². The first-order valence-corrected chi connectivity index (χ1v) is 8.87. The van der Waals surface area contributed by atoms with Crippen molar-refractivity contribution in [3.63, 3.8) is 0 Å².